The van der Waals surface area contributed by atoms with Crippen LogP contribution < -0.4 is 147 Å². The highest BCUT2D eigenvalue weighted by Gasteiger charge is 2.34. The van der Waals surface area contributed by atoms with Crippen molar-refractivity contribution in [2.24, 2.45) is 0 Å². The van der Waals surface area contributed by atoms with Crippen LogP contribution in [-0.4, -0.2) is 212 Å². The highest BCUT2D eigenvalue weighted by molar-refractivity contribution is 6.77. The molecule has 0 bridgehead atoms. The normalized spacial score (nSPS) is 12.9. The third-order valence-corrected chi connectivity index (χ3v) is 14.0. The molecule has 8 aromatic carbocycles. The molecule has 0 atom stereocenters. The molecule has 0 N–H and O–H groups in total. The minimum atomic E-state index is -1.23. The van der Waals surface area contributed by atoms with Crippen LogP contribution in [0.2, 0.25) is 0 Å². The highest BCUT2D eigenvalue weighted by atomic mass is 14.3. The van der Waals surface area contributed by atoms with Gasteiger partial charge in [-0.2, -0.15) is 0 Å². The Morgan fingerprint density at radius 3 is 0.757 bits per heavy atom. The van der Waals surface area contributed by atoms with Gasteiger partial charge in [0, 0.05) is 5.92 Å². The molecule has 54 radical (unpaired) electrons. The van der Waals surface area contributed by atoms with Crippen LogP contribution in [-0.2, 0) is 0 Å². The van der Waals surface area contributed by atoms with Crippen molar-refractivity contribution in [3.05, 3.63) is 16.0 Å². The van der Waals surface area contributed by atoms with Crippen LogP contribution in [0.1, 0.15) is 11.5 Å². The van der Waals surface area contributed by atoms with Crippen molar-refractivity contribution in [2.75, 3.05) is 0 Å². The number of hydrogen-bond donors (Lipinski definition) is 0. The summed E-state index contributed by atoms with van der Waals surface area (Å²) in [5, 5.41) is 0.799. The molecule has 9 rings (SSSR count). The lowest BCUT2D eigenvalue weighted by molar-refractivity contribution is 1.25. The van der Waals surface area contributed by atoms with Crippen molar-refractivity contribution in [2.45, 2.75) is 5.92 Å². The van der Waals surface area contributed by atoms with Gasteiger partial charge in [0.05, 0.1) is 0 Å². The van der Waals surface area contributed by atoms with E-state index in [1.54, 1.807) is 0 Å². The number of fused-ring (bicyclic) bond motifs is 6. The second-order valence-electron chi connectivity index (χ2n) is 17.3. The van der Waals surface area contributed by atoms with Crippen LogP contribution in [0.4, 0.5) is 0 Å². The quantitative estimate of drug-likeness (QED) is 0.0947. The van der Waals surface area contributed by atoms with Gasteiger partial charge < -0.3 is 0 Å². The zero-order valence-corrected chi connectivity index (χ0v) is 37.2. The third kappa shape index (κ3) is 6.42. The smallest absolute Gasteiger partial charge is 0.110 e. The predicted molar refractivity (Wildman–Crippen MR) is 329 cm³/mol. The van der Waals surface area contributed by atoms with Crippen molar-refractivity contribution in [1.82, 2.24) is 0 Å². The molecule has 27 heteroatoms. The van der Waals surface area contributed by atoms with Crippen molar-refractivity contribution < 1.29 is 0 Å². The molecule has 0 saturated carbocycles. The largest absolute Gasteiger partial charge is 0.115 e. The van der Waals surface area contributed by atoms with Crippen LogP contribution >= 0.6 is 0 Å². The Kier molecular flexibility index (Phi) is 12.6. The lowest BCUT2D eigenvalue weighted by Gasteiger charge is -2.34. The SMILES string of the molecule is [B]C1=c2c([B])c([B])c([B])c([B])c2=C([B])C1c1c2c([B])c([B])c([B])c([B])c2c(-c2c([B])c([B])c([B])c(-c3c([B])c4c([B])c([B])c([B])c([B])c4c4c([B])c([B])c([B])c([B])c34)c2[B])c2c([B])c([B])c([B])c([B])c12. The molecule has 0 heterocycles. The summed E-state index contributed by atoms with van der Waals surface area (Å²) < 4.78 is 0. The van der Waals surface area contributed by atoms with Gasteiger partial charge in [0.25, 0.3) is 0 Å². The van der Waals surface area contributed by atoms with E-state index >= 15 is 0 Å². The molecule has 0 aliphatic heterocycles. The fraction of sp³-hybridized carbons (Fsp3) is 0.0233. The maximum absolute atomic E-state index is 7.46. The molecule has 0 aromatic heterocycles. The Hall–Kier alpha value is -3.71. The Labute approximate surface area is 443 Å². The molecule has 0 amide bonds. The zero-order valence-electron chi connectivity index (χ0n) is 37.2. The molecule has 254 valence electrons. The van der Waals surface area contributed by atoms with Gasteiger partial charge in [0.15, 0.2) is 0 Å². The van der Waals surface area contributed by atoms with Crippen molar-refractivity contribution in [3.8, 4) is 22.3 Å². The van der Waals surface area contributed by atoms with Gasteiger partial charge in [-0.05, 0) is 81.3 Å². The van der Waals surface area contributed by atoms with Gasteiger partial charge in [0.2, 0.25) is 0 Å². The van der Waals surface area contributed by atoms with Gasteiger partial charge in [-0.1, -0.05) is 76.5 Å². The van der Waals surface area contributed by atoms with E-state index in [0.29, 0.717) is 0 Å². The van der Waals surface area contributed by atoms with Crippen LogP contribution in [0.25, 0.3) is 76.3 Å². The second kappa shape index (κ2) is 17.2. The van der Waals surface area contributed by atoms with E-state index in [2.05, 4.69) is 0 Å². The molecule has 0 fully saturated rings. The summed E-state index contributed by atoms with van der Waals surface area (Å²) in [5.41, 5.74) is -3.58. The predicted octanol–water partition coefficient (Wildman–Crippen LogP) is -21.2. The molecule has 8 aromatic rings. The first-order chi connectivity index (χ1) is 32.6. The van der Waals surface area contributed by atoms with Gasteiger partial charge in [-0.3, -0.25) is 0 Å². The van der Waals surface area contributed by atoms with E-state index in [1.165, 1.54) is 0 Å². The monoisotopic (exact) mass is 814 g/mol. The van der Waals surface area contributed by atoms with Crippen LogP contribution in [0, 0.1) is 0 Å². The van der Waals surface area contributed by atoms with E-state index in [4.69, 9.17) is 212 Å². The van der Waals surface area contributed by atoms with E-state index in [-0.39, 0.29) is 229 Å². The third-order valence-electron chi connectivity index (χ3n) is 14.0. The number of hydrogen-bond acceptors (Lipinski definition) is 0. The van der Waals surface area contributed by atoms with E-state index in [1.807, 2.05) is 0 Å². The Morgan fingerprint density at radius 1 is 0.157 bits per heavy atom. The Balaban J connectivity index is 1.61. The molecule has 70 heavy (non-hydrogen) atoms. The van der Waals surface area contributed by atoms with E-state index < -0.39 is 5.92 Å². The summed E-state index contributed by atoms with van der Waals surface area (Å²) in [6.45, 7) is 0. The molecule has 0 nitrogen and oxygen atoms in total. The van der Waals surface area contributed by atoms with Gasteiger partial charge in [-0.25, -0.2) is 0 Å². The Morgan fingerprint density at radius 2 is 0.400 bits per heavy atom. The maximum atomic E-state index is 7.46. The topological polar surface area (TPSA) is 0 Å². The first-order valence-electron chi connectivity index (χ1n) is 20.7. The first kappa shape index (κ1) is 51.2. The number of rotatable bonds is 3. The van der Waals surface area contributed by atoms with E-state index in [0.717, 1.165) is 0 Å². The summed E-state index contributed by atoms with van der Waals surface area (Å²) >= 11 is 0. The summed E-state index contributed by atoms with van der Waals surface area (Å²) in [4.78, 5) is 0. The van der Waals surface area contributed by atoms with E-state index in [9.17, 15) is 0 Å². The molecular formula is C43HB27. The lowest BCUT2D eigenvalue weighted by atomic mass is 9.55. The molecule has 1 aliphatic carbocycles. The van der Waals surface area contributed by atoms with Crippen LogP contribution in [0.3, 0.4) is 0 Å². The average molecular weight is 809 g/mol. The fourth-order valence-electron chi connectivity index (χ4n) is 10.3. The summed E-state index contributed by atoms with van der Waals surface area (Å²) in [6, 6.07) is 0. The molecule has 0 unspecified atom stereocenters. The van der Waals surface area contributed by atoms with Gasteiger partial charge >= 0.3 is 0 Å². The molecule has 0 saturated heterocycles. The molecule has 1 aliphatic rings. The van der Waals surface area contributed by atoms with Crippen LogP contribution in [0.5, 0.6) is 0 Å². The standard InChI is InChI=1S/C43HB27/c44-17-9(7-8(26(53)39(66)38(65)25(7)52)10-14(17)30(57)41(68)40(67)27(10)54)13-20(47)12(28(55)33(60)29(13)56)2-5-3(21(48)34(61)36(63)23(5)50)1(4-6(2)24(51)37(64)35(62)22(4)49)11-18(45)15-16(19(11)46)32(59)43(70)42(69)31(15)58/h11H. The zero-order chi connectivity index (χ0) is 51.8. The first-order valence-corrected chi connectivity index (χ1v) is 20.7. The Bertz CT molecular complexity index is 3890. The van der Waals surface area contributed by atoms with Crippen LogP contribution in [0.15, 0.2) is 0 Å². The molecular weight excluding hydrogens is 808 g/mol. The van der Waals surface area contributed by atoms with Crippen molar-refractivity contribution >= 4 is 402 Å². The number of benzene rings is 8. The molecule has 0 spiro atoms. The summed E-state index contributed by atoms with van der Waals surface area (Å²) in [7, 11) is 183. The average Bonchev–Trinajstić information content (AvgIpc) is 3.59. The summed E-state index contributed by atoms with van der Waals surface area (Å²) in [5.74, 6) is -1.23. The minimum absolute atomic E-state index is 0.00408. The summed E-state index contributed by atoms with van der Waals surface area (Å²) in [6.07, 6.45) is 0. The van der Waals surface area contributed by atoms with Gasteiger partial charge in [0.1, 0.15) is 212 Å². The maximum Gasteiger partial charge on any atom is 0.115 e. The second-order valence-corrected chi connectivity index (χ2v) is 17.3. The minimum Gasteiger partial charge on any atom is -0.110 e. The highest BCUT2D eigenvalue weighted by Crippen LogP contribution is 2.43. The van der Waals surface area contributed by atoms with Crippen molar-refractivity contribution in [1.29, 1.82) is 0 Å². The van der Waals surface area contributed by atoms with Gasteiger partial charge in [-0.15, -0.1) is 71.0 Å². The van der Waals surface area contributed by atoms with Crippen molar-refractivity contribution in [3.63, 3.8) is 0 Å². The fourth-order valence-corrected chi connectivity index (χ4v) is 10.3. The lowest BCUT2D eigenvalue weighted by Crippen LogP contribution is -2.63.